The smallest absolute Gasteiger partial charge is 0.209 e. The fraction of sp³-hybridized carbons (Fsp3) is 0.364. The Morgan fingerprint density at radius 1 is 0.846 bits per heavy atom. The number of hydrogen-bond donors (Lipinski definition) is 0. The van der Waals surface area contributed by atoms with Crippen LogP contribution in [0.1, 0.15) is 19.4 Å². The van der Waals surface area contributed by atoms with E-state index in [9.17, 15) is 0 Å². The zero-order valence-electron chi connectivity index (χ0n) is 15.7. The van der Waals surface area contributed by atoms with Crippen LogP contribution in [-0.2, 0) is 15.9 Å². The van der Waals surface area contributed by atoms with Gasteiger partial charge in [0.2, 0.25) is 11.8 Å². The van der Waals surface area contributed by atoms with Crippen LogP contribution >= 0.6 is 0 Å². The Morgan fingerprint density at radius 2 is 1.50 bits per heavy atom. The number of hydrogen-bond acceptors (Lipinski definition) is 4. The van der Waals surface area contributed by atoms with Gasteiger partial charge in [-0.25, -0.2) is 9.98 Å². The van der Waals surface area contributed by atoms with Gasteiger partial charge in [-0.05, 0) is 33.7 Å². The monoisotopic (exact) mass is 348 g/mol. The zero-order chi connectivity index (χ0) is 18.3. The number of aliphatic imine (C=N–C) groups is 2. The van der Waals surface area contributed by atoms with E-state index in [2.05, 4.69) is 56.3 Å². The van der Waals surface area contributed by atoms with Crippen molar-refractivity contribution in [2.45, 2.75) is 32.4 Å². The SMILES string of the molecule is COC1=N[C@H](Cc2ccc3c(c2)-c2ccccc2-3)C(OC)=N[C@H]1C(C)C. The summed E-state index contributed by atoms with van der Waals surface area (Å²) in [6, 6.07) is 15.0. The summed E-state index contributed by atoms with van der Waals surface area (Å²) < 4.78 is 11.1. The molecule has 1 heterocycles. The maximum Gasteiger partial charge on any atom is 0.209 e. The van der Waals surface area contributed by atoms with Gasteiger partial charge >= 0.3 is 0 Å². The first-order valence-electron chi connectivity index (χ1n) is 9.08. The fourth-order valence-corrected chi connectivity index (χ4v) is 3.78. The number of ether oxygens (including phenoxy) is 2. The first-order chi connectivity index (χ1) is 12.6. The molecule has 2 aliphatic rings. The second kappa shape index (κ2) is 6.60. The average molecular weight is 348 g/mol. The van der Waals surface area contributed by atoms with E-state index in [0.29, 0.717) is 17.7 Å². The molecule has 4 rings (SSSR count). The molecule has 0 saturated heterocycles. The van der Waals surface area contributed by atoms with Crippen molar-refractivity contribution in [1.82, 2.24) is 0 Å². The number of fused-ring (bicyclic) bond motifs is 4. The van der Waals surface area contributed by atoms with Crippen molar-refractivity contribution in [2.75, 3.05) is 14.2 Å². The summed E-state index contributed by atoms with van der Waals surface area (Å²) in [6.07, 6.45) is 0.750. The van der Waals surface area contributed by atoms with Crippen LogP contribution in [0.4, 0.5) is 0 Å². The highest BCUT2D eigenvalue weighted by Crippen LogP contribution is 2.47. The first kappa shape index (κ1) is 16.8. The molecular weight excluding hydrogens is 324 g/mol. The van der Waals surface area contributed by atoms with Gasteiger partial charge in [0.25, 0.3) is 0 Å². The molecule has 4 heteroatoms. The Labute approximate surface area is 154 Å². The lowest BCUT2D eigenvalue weighted by molar-refractivity contribution is 0.332. The molecule has 0 spiro atoms. The van der Waals surface area contributed by atoms with Crippen molar-refractivity contribution in [3.8, 4) is 22.3 Å². The van der Waals surface area contributed by atoms with Gasteiger partial charge in [0.05, 0.1) is 14.2 Å². The van der Waals surface area contributed by atoms with Crippen LogP contribution in [0.25, 0.3) is 22.3 Å². The van der Waals surface area contributed by atoms with Crippen molar-refractivity contribution in [2.24, 2.45) is 15.9 Å². The van der Waals surface area contributed by atoms with Gasteiger partial charge in [-0.3, -0.25) is 0 Å². The van der Waals surface area contributed by atoms with Gasteiger partial charge < -0.3 is 9.47 Å². The predicted octanol–water partition coefficient (Wildman–Crippen LogP) is 4.37. The highest BCUT2D eigenvalue weighted by atomic mass is 16.5. The number of benzene rings is 2. The third kappa shape index (κ3) is 2.70. The lowest BCUT2D eigenvalue weighted by Gasteiger charge is -2.28. The summed E-state index contributed by atoms with van der Waals surface area (Å²) in [4.78, 5) is 9.56. The lowest BCUT2D eigenvalue weighted by atomic mass is 9.79. The summed E-state index contributed by atoms with van der Waals surface area (Å²) in [7, 11) is 3.34. The zero-order valence-corrected chi connectivity index (χ0v) is 15.7. The fourth-order valence-electron chi connectivity index (χ4n) is 3.78. The molecule has 0 bridgehead atoms. The molecule has 2 atom stereocenters. The second-order valence-electron chi connectivity index (χ2n) is 7.18. The highest BCUT2D eigenvalue weighted by molar-refractivity contribution is 6.02. The third-order valence-corrected chi connectivity index (χ3v) is 5.16. The minimum atomic E-state index is -0.140. The van der Waals surface area contributed by atoms with Crippen LogP contribution in [0, 0.1) is 5.92 Å². The summed E-state index contributed by atoms with van der Waals surface area (Å²) in [5.74, 6) is 1.69. The van der Waals surface area contributed by atoms with Crippen LogP contribution in [0.15, 0.2) is 52.4 Å². The molecule has 0 N–H and O–H groups in total. The van der Waals surface area contributed by atoms with E-state index in [-0.39, 0.29) is 12.1 Å². The minimum absolute atomic E-state index is 0.0742. The lowest BCUT2D eigenvalue weighted by Crippen LogP contribution is -2.38. The van der Waals surface area contributed by atoms with E-state index in [4.69, 9.17) is 19.5 Å². The Morgan fingerprint density at radius 3 is 2.15 bits per heavy atom. The third-order valence-electron chi connectivity index (χ3n) is 5.16. The molecule has 4 nitrogen and oxygen atoms in total. The molecular formula is C22H24N2O2. The molecule has 1 aliphatic carbocycles. The minimum Gasteiger partial charge on any atom is -0.483 e. The number of nitrogens with zero attached hydrogens (tertiary/aromatic N) is 2. The maximum absolute atomic E-state index is 5.56. The Balaban J connectivity index is 1.60. The van der Waals surface area contributed by atoms with Crippen molar-refractivity contribution in [3.05, 3.63) is 48.0 Å². The van der Waals surface area contributed by atoms with Gasteiger partial charge in [0, 0.05) is 6.42 Å². The Hall–Kier alpha value is -2.62. The van der Waals surface area contributed by atoms with E-state index in [1.54, 1.807) is 14.2 Å². The van der Waals surface area contributed by atoms with E-state index < -0.39 is 0 Å². The van der Waals surface area contributed by atoms with Crippen molar-refractivity contribution >= 4 is 11.8 Å². The molecule has 0 radical (unpaired) electrons. The standard InChI is InChI=1S/C22H24N2O2/c1-13(2)20-22(26-4)23-19(21(24-20)25-3)12-14-9-10-17-15-7-5-6-8-16(15)18(17)11-14/h5-11,13,19-20H,12H2,1-4H3/t19-,20+/m1/s1. The van der Waals surface area contributed by atoms with Gasteiger partial charge in [-0.1, -0.05) is 56.3 Å². The van der Waals surface area contributed by atoms with Gasteiger partial charge in [-0.15, -0.1) is 0 Å². The largest absolute Gasteiger partial charge is 0.483 e. The van der Waals surface area contributed by atoms with Gasteiger partial charge in [0.1, 0.15) is 12.1 Å². The molecule has 134 valence electrons. The molecule has 0 unspecified atom stereocenters. The van der Waals surface area contributed by atoms with Crippen LogP contribution in [0.2, 0.25) is 0 Å². The molecule has 2 aromatic carbocycles. The van der Waals surface area contributed by atoms with Crippen molar-refractivity contribution < 1.29 is 9.47 Å². The van der Waals surface area contributed by atoms with Crippen molar-refractivity contribution in [3.63, 3.8) is 0 Å². The van der Waals surface area contributed by atoms with Crippen molar-refractivity contribution in [1.29, 1.82) is 0 Å². The molecule has 26 heavy (non-hydrogen) atoms. The number of methoxy groups -OCH3 is 2. The second-order valence-corrected chi connectivity index (χ2v) is 7.18. The maximum atomic E-state index is 5.56. The van der Waals surface area contributed by atoms with E-state index in [1.165, 1.54) is 27.8 Å². The molecule has 0 aromatic heterocycles. The van der Waals surface area contributed by atoms with Gasteiger partial charge in [0.15, 0.2) is 0 Å². The van der Waals surface area contributed by atoms with Gasteiger partial charge in [-0.2, -0.15) is 0 Å². The molecule has 1 aliphatic heterocycles. The highest BCUT2D eigenvalue weighted by Gasteiger charge is 2.31. The predicted molar refractivity (Wildman–Crippen MR) is 106 cm³/mol. The number of rotatable bonds is 3. The molecule has 2 aromatic rings. The normalized spacial score (nSPS) is 20.5. The topological polar surface area (TPSA) is 43.2 Å². The molecule has 0 saturated carbocycles. The van der Waals surface area contributed by atoms with Crippen LogP contribution in [0.3, 0.4) is 0 Å². The Bertz CT molecular complexity index is 899. The quantitative estimate of drug-likeness (QED) is 0.705. The van der Waals surface area contributed by atoms with Crippen LogP contribution < -0.4 is 0 Å². The first-order valence-corrected chi connectivity index (χ1v) is 9.08. The molecule has 0 amide bonds. The van der Waals surface area contributed by atoms with E-state index in [1.807, 2.05) is 0 Å². The van der Waals surface area contributed by atoms with Crippen LogP contribution in [-0.4, -0.2) is 38.1 Å². The summed E-state index contributed by atoms with van der Waals surface area (Å²) in [5.41, 5.74) is 6.55. The van der Waals surface area contributed by atoms with E-state index >= 15 is 0 Å². The Kier molecular flexibility index (Phi) is 4.27. The summed E-state index contributed by atoms with van der Waals surface area (Å²) >= 11 is 0. The summed E-state index contributed by atoms with van der Waals surface area (Å²) in [5, 5.41) is 0. The average Bonchev–Trinajstić information content (AvgIpc) is 2.65. The molecule has 0 fully saturated rings. The van der Waals surface area contributed by atoms with Crippen LogP contribution in [0.5, 0.6) is 0 Å². The summed E-state index contributed by atoms with van der Waals surface area (Å²) in [6.45, 7) is 4.23. The van der Waals surface area contributed by atoms with E-state index in [0.717, 1.165) is 6.42 Å².